The second kappa shape index (κ2) is 7.43. The highest BCUT2D eigenvalue weighted by Crippen LogP contribution is 2.46. The first-order valence-electron chi connectivity index (χ1n) is 8.71. The summed E-state index contributed by atoms with van der Waals surface area (Å²) in [4.78, 5) is 24.4. The molecule has 1 aliphatic rings. The molecule has 2 heterocycles. The number of aryl methyl sites for hydroxylation is 1. The molecule has 132 valence electrons. The summed E-state index contributed by atoms with van der Waals surface area (Å²) < 4.78 is 5.16. The highest BCUT2D eigenvalue weighted by Gasteiger charge is 2.37. The van der Waals surface area contributed by atoms with Gasteiger partial charge in [-0.25, -0.2) is 9.97 Å². The lowest BCUT2D eigenvalue weighted by Crippen LogP contribution is -2.26. The van der Waals surface area contributed by atoms with Crippen LogP contribution in [0.2, 0.25) is 0 Å². The van der Waals surface area contributed by atoms with Crippen LogP contribution in [0.4, 0.5) is 0 Å². The number of nitrogens with zero attached hydrogens (tertiary/aromatic N) is 4. The summed E-state index contributed by atoms with van der Waals surface area (Å²) in [5.74, 6) is 2.26. The minimum Gasteiger partial charge on any atom is -0.356 e. The molecule has 2 atom stereocenters. The van der Waals surface area contributed by atoms with E-state index in [-0.39, 0.29) is 5.91 Å². The highest BCUT2D eigenvalue weighted by molar-refractivity contribution is 5.76. The Kier molecular flexibility index (Phi) is 4.68. The van der Waals surface area contributed by atoms with Crippen molar-refractivity contribution < 1.29 is 9.32 Å². The van der Waals surface area contributed by atoms with Gasteiger partial charge in [-0.3, -0.25) is 4.79 Å². The smallest absolute Gasteiger partial charge is 0.240 e. The fraction of sp³-hybridized carbons (Fsp3) is 0.316. The summed E-state index contributed by atoms with van der Waals surface area (Å²) in [5.41, 5.74) is 1.35. The van der Waals surface area contributed by atoms with Crippen LogP contribution in [0.3, 0.4) is 0 Å². The second-order valence-electron chi connectivity index (χ2n) is 6.40. The Labute approximate surface area is 150 Å². The molecule has 1 amide bonds. The molecule has 0 saturated heterocycles. The minimum absolute atomic E-state index is 0.000534. The van der Waals surface area contributed by atoms with Gasteiger partial charge in [-0.1, -0.05) is 35.5 Å². The Morgan fingerprint density at radius 2 is 1.92 bits per heavy atom. The molecule has 0 aliphatic heterocycles. The third-order valence-electron chi connectivity index (χ3n) is 4.51. The van der Waals surface area contributed by atoms with Crippen molar-refractivity contribution in [2.24, 2.45) is 5.92 Å². The van der Waals surface area contributed by atoms with Gasteiger partial charge in [-0.15, -0.1) is 0 Å². The largest absolute Gasteiger partial charge is 0.356 e. The number of carbonyl (C=O) groups is 1. The SMILES string of the molecule is O=C(CCc1nc(-c2ncccn2)no1)NC[C@H]1C[C@@H]1c1ccccc1. The first kappa shape index (κ1) is 16.4. The molecular weight excluding hydrogens is 330 g/mol. The Hall–Kier alpha value is -3.09. The summed E-state index contributed by atoms with van der Waals surface area (Å²) in [6, 6.07) is 12.2. The number of carbonyl (C=O) groups excluding carboxylic acids is 1. The number of amides is 1. The van der Waals surface area contributed by atoms with Crippen LogP contribution in [0.1, 0.15) is 30.2 Å². The normalized spacial score (nSPS) is 18.5. The van der Waals surface area contributed by atoms with Crippen molar-refractivity contribution in [3.05, 3.63) is 60.2 Å². The number of hydrogen-bond donors (Lipinski definition) is 1. The third kappa shape index (κ3) is 3.93. The molecule has 2 aromatic heterocycles. The second-order valence-corrected chi connectivity index (χ2v) is 6.40. The monoisotopic (exact) mass is 349 g/mol. The maximum atomic E-state index is 12.0. The van der Waals surface area contributed by atoms with Crippen molar-refractivity contribution in [1.82, 2.24) is 25.4 Å². The number of hydrogen-bond acceptors (Lipinski definition) is 6. The van der Waals surface area contributed by atoms with Crippen LogP contribution in [0.15, 0.2) is 53.3 Å². The van der Waals surface area contributed by atoms with Crippen LogP contribution in [0.5, 0.6) is 0 Å². The lowest BCUT2D eigenvalue weighted by molar-refractivity contribution is -0.121. The summed E-state index contributed by atoms with van der Waals surface area (Å²) in [5, 5.41) is 6.85. The zero-order chi connectivity index (χ0) is 17.8. The molecule has 1 aliphatic carbocycles. The average molecular weight is 349 g/mol. The van der Waals surface area contributed by atoms with Gasteiger partial charge < -0.3 is 9.84 Å². The van der Waals surface area contributed by atoms with Crippen LogP contribution in [0, 0.1) is 5.92 Å². The van der Waals surface area contributed by atoms with E-state index in [1.807, 2.05) is 6.07 Å². The molecule has 0 bridgehead atoms. The van der Waals surface area contributed by atoms with Gasteiger partial charge >= 0.3 is 0 Å². The van der Waals surface area contributed by atoms with E-state index < -0.39 is 0 Å². The summed E-state index contributed by atoms with van der Waals surface area (Å²) in [7, 11) is 0. The van der Waals surface area contributed by atoms with Crippen molar-refractivity contribution in [2.75, 3.05) is 6.54 Å². The molecule has 4 rings (SSSR count). The van der Waals surface area contributed by atoms with Gasteiger partial charge in [0.1, 0.15) is 0 Å². The van der Waals surface area contributed by atoms with Crippen molar-refractivity contribution in [3.8, 4) is 11.6 Å². The fourth-order valence-electron chi connectivity index (χ4n) is 3.00. The molecule has 3 aromatic rings. The van der Waals surface area contributed by atoms with E-state index in [1.165, 1.54) is 5.56 Å². The van der Waals surface area contributed by atoms with E-state index >= 15 is 0 Å². The van der Waals surface area contributed by atoms with Gasteiger partial charge in [0.15, 0.2) is 0 Å². The standard InChI is InChI=1S/C19H19N5O2/c25-16(22-12-14-11-15(14)13-5-2-1-3-6-13)7-8-17-23-19(24-26-17)18-20-9-4-10-21-18/h1-6,9-10,14-15H,7-8,11-12H2,(H,22,25)/t14-,15-/m1/s1. The number of rotatable bonds is 7. The molecular formula is C19H19N5O2. The lowest BCUT2D eigenvalue weighted by Gasteiger charge is -2.04. The van der Waals surface area contributed by atoms with E-state index in [1.54, 1.807) is 18.5 Å². The van der Waals surface area contributed by atoms with Crippen LogP contribution in [-0.2, 0) is 11.2 Å². The van der Waals surface area contributed by atoms with E-state index in [4.69, 9.17) is 4.52 Å². The predicted molar refractivity (Wildman–Crippen MR) is 93.9 cm³/mol. The summed E-state index contributed by atoms with van der Waals surface area (Å²) >= 11 is 0. The molecule has 7 nitrogen and oxygen atoms in total. The van der Waals surface area contributed by atoms with Gasteiger partial charge in [0.2, 0.25) is 23.4 Å². The predicted octanol–water partition coefficient (Wildman–Crippen LogP) is 2.38. The molecule has 26 heavy (non-hydrogen) atoms. The molecule has 1 aromatic carbocycles. The molecule has 1 fully saturated rings. The Bertz CT molecular complexity index is 866. The molecule has 1 N–H and O–H groups in total. The van der Waals surface area contributed by atoms with Gasteiger partial charge in [0.25, 0.3) is 0 Å². The van der Waals surface area contributed by atoms with Crippen molar-refractivity contribution in [2.45, 2.75) is 25.2 Å². The first-order valence-corrected chi connectivity index (χ1v) is 8.71. The minimum atomic E-state index is -0.000534. The van der Waals surface area contributed by atoms with Crippen molar-refractivity contribution in [3.63, 3.8) is 0 Å². The van der Waals surface area contributed by atoms with Gasteiger partial charge in [0, 0.05) is 31.8 Å². The lowest BCUT2D eigenvalue weighted by atomic mass is 10.1. The van der Waals surface area contributed by atoms with Gasteiger partial charge in [-0.2, -0.15) is 4.98 Å². The van der Waals surface area contributed by atoms with Crippen LogP contribution >= 0.6 is 0 Å². The topological polar surface area (TPSA) is 93.8 Å². The van der Waals surface area contributed by atoms with Crippen molar-refractivity contribution >= 4 is 5.91 Å². The van der Waals surface area contributed by atoms with Crippen LogP contribution in [0.25, 0.3) is 11.6 Å². The average Bonchev–Trinajstić information content (AvgIpc) is 3.33. The van der Waals surface area contributed by atoms with Gasteiger partial charge in [0.05, 0.1) is 0 Å². The summed E-state index contributed by atoms with van der Waals surface area (Å²) in [6.07, 6.45) is 5.09. The third-order valence-corrected chi connectivity index (χ3v) is 4.51. The Morgan fingerprint density at radius 3 is 2.73 bits per heavy atom. The van der Waals surface area contributed by atoms with E-state index in [0.29, 0.717) is 48.8 Å². The number of nitrogens with one attached hydrogen (secondary N) is 1. The number of benzene rings is 1. The van der Waals surface area contributed by atoms with Crippen LogP contribution in [-0.4, -0.2) is 32.6 Å². The number of aromatic nitrogens is 4. The molecule has 0 radical (unpaired) electrons. The molecule has 1 saturated carbocycles. The Balaban J connectivity index is 1.21. The quantitative estimate of drug-likeness (QED) is 0.704. The van der Waals surface area contributed by atoms with Gasteiger partial charge in [-0.05, 0) is 29.9 Å². The maximum absolute atomic E-state index is 12.0. The van der Waals surface area contributed by atoms with E-state index in [0.717, 1.165) is 6.42 Å². The summed E-state index contributed by atoms with van der Waals surface area (Å²) in [6.45, 7) is 0.714. The molecule has 0 spiro atoms. The fourth-order valence-corrected chi connectivity index (χ4v) is 3.00. The maximum Gasteiger partial charge on any atom is 0.240 e. The first-order chi connectivity index (χ1) is 12.8. The van der Waals surface area contributed by atoms with Crippen LogP contribution < -0.4 is 5.32 Å². The highest BCUT2D eigenvalue weighted by atomic mass is 16.5. The van der Waals surface area contributed by atoms with E-state index in [2.05, 4.69) is 49.7 Å². The molecule has 0 unspecified atom stereocenters. The zero-order valence-electron chi connectivity index (χ0n) is 14.2. The van der Waals surface area contributed by atoms with E-state index in [9.17, 15) is 4.79 Å². The van der Waals surface area contributed by atoms with Crippen molar-refractivity contribution in [1.29, 1.82) is 0 Å². The molecule has 7 heteroatoms. The Morgan fingerprint density at radius 1 is 1.12 bits per heavy atom. The zero-order valence-corrected chi connectivity index (χ0v) is 14.2.